The van der Waals surface area contributed by atoms with Crippen LogP contribution >= 0.6 is 0 Å². The van der Waals surface area contributed by atoms with Gasteiger partial charge in [-0.25, -0.2) is 4.79 Å². The fourth-order valence-corrected chi connectivity index (χ4v) is 2.77. The summed E-state index contributed by atoms with van der Waals surface area (Å²) in [6.07, 6.45) is 9.86. The van der Waals surface area contributed by atoms with Crippen molar-refractivity contribution in [3.05, 3.63) is 84.1 Å². The van der Waals surface area contributed by atoms with Crippen molar-refractivity contribution < 1.29 is 14.3 Å². The SMILES string of the molecule is C#CCNC(=O)COC(=O)/C=C/c1cn(Cc2ccccc2)nc1-c1ccccc1. The normalized spacial score (nSPS) is 10.5. The molecule has 1 amide bonds. The van der Waals surface area contributed by atoms with Crippen LogP contribution in [-0.4, -0.2) is 34.8 Å². The second-order valence-electron chi connectivity index (χ2n) is 6.40. The van der Waals surface area contributed by atoms with Crippen molar-refractivity contribution in [2.24, 2.45) is 0 Å². The maximum absolute atomic E-state index is 12.0. The third-order valence-electron chi connectivity index (χ3n) is 4.16. The van der Waals surface area contributed by atoms with Crippen LogP contribution in [0.15, 0.2) is 72.9 Å². The van der Waals surface area contributed by atoms with E-state index in [-0.39, 0.29) is 13.2 Å². The van der Waals surface area contributed by atoms with Gasteiger partial charge in [-0.3, -0.25) is 9.48 Å². The van der Waals surface area contributed by atoms with Gasteiger partial charge >= 0.3 is 5.97 Å². The van der Waals surface area contributed by atoms with Gasteiger partial charge in [0.1, 0.15) is 0 Å². The third-order valence-corrected chi connectivity index (χ3v) is 4.16. The zero-order valence-electron chi connectivity index (χ0n) is 16.3. The first kappa shape index (κ1) is 20.6. The van der Waals surface area contributed by atoms with E-state index < -0.39 is 11.9 Å². The summed E-state index contributed by atoms with van der Waals surface area (Å²) in [5.41, 5.74) is 3.58. The van der Waals surface area contributed by atoms with Gasteiger partial charge in [-0.05, 0) is 11.6 Å². The molecule has 6 heteroatoms. The molecule has 0 bridgehead atoms. The molecule has 1 N–H and O–H groups in total. The number of rotatable bonds is 8. The molecule has 1 heterocycles. The van der Waals surface area contributed by atoms with E-state index in [2.05, 4.69) is 11.2 Å². The van der Waals surface area contributed by atoms with E-state index in [1.54, 1.807) is 6.08 Å². The number of hydrogen-bond acceptors (Lipinski definition) is 4. The Kier molecular flexibility index (Phi) is 7.17. The minimum atomic E-state index is -0.624. The van der Waals surface area contributed by atoms with E-state index >= 15 is 0 Å². The quantitative estimate of drug-likeness (QED) is 0.359. The second kappa shape index (κ2) is 10.4. The molecule has 0 atom stereocenters. The van der Waals surface area contributed by atoms with E-state index in [1.807, 2.05) is 71.5 Å². The van der Waals surface area contributed by atoms with Gasteiger partial charge < -0.3 is 10.1 Å². The number of carbonyl (C=O) groups excluding carboxylic acids is 2. The summed E-state index contributed by atoms with van der Waals surface area (Å²) < 4.78 is 6.77. The Hall–Kier alpha value is -4.11. The summed E-state index contributed by atoms with van der Waals surface area (Å²) in [7, 11) is 0. The fraction of sp³-hybridized carbons (Fsp3) is 0.125. The predicted molar refractivity (Wildman–Crippen MR) is 115 cm³/mol. The number of nitrogens with one attached hydrogen (secondary N) is 1. The lowest BCUT2D eigenvalue weighted by Gasteiger charge is -2.02. The molecule has 0 unspecified atom stereocenters. The zero-order chi connectivity index (χ0) is 21.2. The van der Waals surface area contributed by atoms with Crippen molar-refractivity contribution in [2.45, 2.75) is 6.54 Å². The van der Waals surface area contributed by atoms with Crippen LogP contribution in [0.25, 0.3) is 17.3 Å². The molecule has 1 aromatic heterocycles. The van der Waals surface area contributed by atoms with Crippen LogP contribution < -0.4 is 5.32 Å². The molecule has 0 saturated heterocycles. The van der Waals surface area contributed by atoms with Crippen molar-refractivity contribution in [3.63, 3.8) is 0 Å². The average Bonchev–Trinajstić information content (AvgIpc) is 3.18. The summed E-state index contributed by atoms with van der Waals surface area (Å²) in [6.45, 7) is 0.311. The molecule has 0 radical (unpaired) electrons. The molecular formula is C24H21N3O3. The van der Waals surface area contributed by atoms with Crippen LogP contribution in [0, 0.1) is 12.3 Å². The number of aromatic nitrogens is 2. The molecule has 30 heavy (non-hydrogen) atoms. The number of carbonyl (C=O) groups is 2. The molecule has 0 aliphatic rings. The average molecular weight is 399 g/mol. The lowest BCUT2D eigenvalue weighted by Crippen LogP contribution is -2.28. The largest absolute Gasteiger partial charge is 0.452 e. The van der Waals surface area contributed by atoms with Gasteiger partial charge in [0.25, 0.3) is 5.91 Å². The van der Waals surface area contributed by atoms with Crippen molar-refractivity contribution >= 4 is 18.0 Å². The molecule has 0 aliphatic heterocycles. The number of nitrogens with zero attached hydrogens (tertiary/aromatic N) is 2. The van der Waals surface area contributed by atoms with Crippen LogP contribution in [0.2, 0.25) is 0 Å². The lowest BCUT2D eigenvalue weighted by molar-refractivity contribution is -0.143. The number of terminal acetylenes is 1. The van der Waals surface area contributed by atoms with Gasteiger partial charge in [-0.15, -0.1) is 6.42 Å². The summed E-state index contributed by atoms with van der Waals surface area (Å²) in [4.78, 5) is 23.5. The number of ether oxygens (including phenoxy) is 1. The molecule has 3 rings (SSSR count). The summed E-state index contributed by atoms with van der Waals surface area (Å²) >= 11 is 0. The summed E-state index contributed by atoms with van der Waals surface area (Å²) in [5, 5.41) is 7.12. The van der Waals surface area contributed by atoms with Gasteiger partial charge in [-0.2, -0.15) is 5.10 Å². The third kappa shape index (κ3) is 5.94. The first-order valence-corrected chi connectivity index (χ1v) is 9.37. The van der Waals surface area contributed by atoms with Crippen molar-refractivity contribution in [1.29, 1.82) is 0 Å². The van der Waals surface area contributed by atoms with Crippen LogP contribution in [0.4, 0.5) is 0 Å². The molecular weight excluding hydrogens is 378 g/mol. The van der Waals surface area contributed by atoms with Gasteiger partial charge in [-0.1, -0.05) is 66.6 Å². The van der Waals surface area contributed by atoms with Crippen molar-refractivity contribution in [3.8, 4) is 23.6 Å². The highest BCUT2D eigenvalue weighted by atomic mass is 16.5. The number of hydrogen-bond donors (Lipinski definition) is 1. The molecule has 0 fully saturated rings. The Labute approximate surface area is 175 Å². The molecule has 0 aliphatic carbocycles. The van der Waals surface area contributed by atoms with Gasteiger partial charge in [0.2, 0.25) is 0 Å². The molecule has 3 aromatic rings. The molecule has 6 nitrogen and oxygen atoms in total. The van der Waals surface area contributed by atoms with E-state index in [0.717, 1.165) is 22.4 Å². The number of benzene rings is 2. The topological polar surface area (TPSA) is 73.2 Å². The Morgan fingerprint density at radius 1 is 1.10 bits per heavy atom. The Morgan fingerprint density at radius 2 is 1.80 bits per heavy atom. The van der Waals surface area contributed by atoms with E-state index in [4.69, 9.17) is 16.3 Å². The minimum Gasteiger partial charge on any atom is -0.452 e. The first-order chi connectivity index (χ1) is 14.7. The standard InChI is InChI=1S/C24H21N3O3/c1-2-15-25-22(28)18-30-23(29)14-13-21-17-27(16-19-9-5-3-6-10-19)26-24(21)20-11-7-4-8-12-20/h1,3-14,17H,15-16,18H2,(H,25,28)/b14-13+. The highest BCUT2D eigenvalue weighted by Gasteiger charge is 2.11. The van der Waals surface area contributed by atoms with Crippen LogP contribution in [0.5, 0.6) is 0 Å². The maximum Gasteiger partial charge on any atom is 0.331 e. The van der Waals surface area contributed by atoms with Gasteiger partial charge in [0.05, 0.1) is 18.8 Å². The second-order valence-corrected chi connectivity index (χ2v) is 6.40. The zero-order valence-corrected chi connectivity index (χ0v) is 16.3. The van der Waals surface area contributed by atoms with E-state index in [9.17, 15) is 9.59 Å². The lowest BCUT2D eigenvalue weighted by atomic mass is 10.1. The molecule has 0 saturated carbocycles. The monoisotopic (exact) mass is 399 g/mol. The summed E-state index contributed by atoms with van der Waals surface area (Å²) in [5.74, 6) is 1.21. The fourth-order valence-electron chi connectivity index (χ4n) is 2.77. The molecule has 0 spiro atoms. The number of amides is 1. The maximum atomic E-state index is 12.0. The van der Waals surface area contributed by atoms with Crippen LogP contribution in [-0.2, 0) is 20.9 Å². The predicted octanol–water partition coefficient (Wildman–Crippen LogP) is 2.90. The Bertz CT molecular complexity index is 1060. The summed E-state index contributed by atoms with van der Waals surface area (Å²) in [6, 6.07) is 19.7. The van der Waals surface area contributed by atoms with Crippen LogP contribution in [0.3, 0.4) is 0 Å². The van der Waals surface area contributed by atoms with E-state index in [0.29, 0.717) is 6.54 Å². The smallest absolute Gasteiger partial charge is 0.331 e. The Morgan fingerprint density at radius 3 is 2.50 bits per heavy atom. The van der Waals surface area contributed by atoms with Crippen molar-refractivity contribution in [2.75, 3.05) is 13.2 Å². The van der Waals surface area contributed by atoms with Crippen molar-refractivity contribution in [1.82, 2.24) is 15.1 Å². The highest BCUT2D eigenvalue weighted by molar-refractivity contribution is 5.90. The Balaban J connectivity index is 1.75. The first-order valence-electron chi connectivity index (χ1n) is 9.37. The molecule has 2 aromatic carbocycles. The van der Waals surface area contributed by atoms with Gasteiger partial charge in [0, 0.05) is 23.4 Å². The minimum absolute atomic E-state index is 0.0905. The van der Waals surface area contributed by atoms with E-state index in [1.165, 1.54) is 6.08 Å². The van der Waals surface area contributed by atoms with Gasteiger partial charge in [0.15, 0.2) is 6.61 Å². The van der Waals surface area contributed by atoms with Crippen LogP contribution in [0.1, 0.15) is 11.1 Å². The highest BCUT2D eigenvalue weighted by Crippen LogP contribution is 2.23. The molecule has 150 valence electrons. The number of esters is 1.